The van der Waals surface area contributed by atoms with Crippen molar-refractivity contribution in [2.45, 2.75) is 141 Å². The van der Waals surface area contributed by atoms with Gasteiger partial charge in [-0.1, -0.05) is 72.2 Å². The predicted molar refractivity (Wildman–Crippen MR) is 194 cm³/mol. The van der Waals surface area contributed by atoms with Crippen LogP contribution in [0, 0.1) is 12.3 Å². The molecule has 0 spiro atoms. The Morgan fingerprint density at radius 1 is 1.10 bits per heavy atom. The van der Waals surface area contributed by atoms with E-state index in [2.05, 4.69) is 49.5 Å². The maximum Gasteiger partial charge on any atom is 0.258 e. The van der Waals surface area contributed by atoms with Gasteiger partial charge in [-0.3, -0.25) is 14.4 Å². The van der Waals surface area contributed by atoms with E-state index in [1.54, 1.807) is 16.2 Å². The molecule has 2 fully saturated rings. The van der Waals surface area contributed by atoms with E-state index in [4.69, 9.17) is 4.43 Å². The molecule has 12 heteroatoms. The third-order valence-electron chi connectivity index (χ3n) is 10.3. The summed E-state index contributed by atoms with van der Waals surface area (Å²) in [6.07, 6.45) is 3.61. The summed E-state index contributed by atoms with van der Waals surface area (Å²) in [4.78, 5) is 59.6. The standard InChI is InChI=1S/C37H55FN4O5SSi/c1-24-30(48-23-39-24)26-16-14-25(15-17-26)28(13-11-10-12-20-43)40-32(44)29-21-27(47-49(8,9)36(5,6)7)22-42(29)33(45)31(35(2,3)4)41-34(46)37(38)18-19-37/h14-17,20,23,27-29,31H,10-13,18-19,21-22H2,1-9H3,(H,40,44)(H,41,46)/t27-,28+,29+,31-/m1/s1. The number of hydrogen-bond donors (Lipinski definition) is 2. The topological polar surface area (TPSA) is 118 Å². The molecule has 0 radical (unpaired) electrons. The molecule has 0 bridgehead atoms. The van der Waals surface area contributed by atoms with Gasteiger partial charge in [-0.2, -0.15) is 0 Å². The molecule has 1 aromatic carbocycles. The van der Waals surface area contributed by atoms with Crippen LogP contribution in [0.1, 0.15) is 104 Å². The average Bonchev–Trinajstić information content (AvgIpc) is 3.41. The molecule has 1 saturated carbocycles. The Morgan fingerprint density at radius 3 is 2.29 bits per heavy atom. The molecule has 2 N–H and O–H groups in total. The van der Waals surface area contributed by atoms with E-state index in [1.807, 2.05) is 57.5 Å². The second kappa shape index (κ2) is 15.1. The fourth-order valence-corrected chi connectivity index (χ4v) is 8.16. The molecule has 270 valence electrons. The third-order valence-corrected chi connectivity index (χ3v) is 15.8. The van der Waals surface area contributed by atoms with Crippen LogP contribution in [0.25, 0.3) is 10.4 Å². The Bertz CT molecular complexity index is 1500. The van der Waals surface area contributed by atoms with E-state index in [0.29, 0.717) is 25.7 Å². The number of aldehydes is 1. The first-order chi connectivity index (χ1) is 22.8. The quantitative estimate of drug-likeness (QED) is 0.123. The third kappa shape index (κ3) is 9.43. The number of benzene rings is 1. The molecule has 2 aliphatic rings. The van der Waals surface area contributed by atoms with Crippen LogP contribution in [0.15, 0.2) is 29.8 Å². The number of carbonyl (C=O) groups is 4. The van der Waals surface area contributed by atoms with Gasteiger partial charge in [0.15, 0.2) is 14.0 Å². The summed E-state index contributed by atoms with van der Waals surface area (Å²) in [5.41, 5.74) is 2.07. The van der Waals surface area contributed by atoms with Gasteiger partial charge in [-0.25, -0.2) is 9.37 Å². The second-order valence-corrected chi connectivity index (χ2v) is 22.0. The molecule has 49 heavy (non-hydrogen) atoms. The van der Waals surface area contributed by atoms with E-state index in [0.717, 1.165) is 34.4 Å². The summed E-state index contributed by atoms with van der Waals surface area (Å²) >= 11 is 1.58. The van der Waals surface area contributed by atoms with E-state index >= 15 is 0 Å². The van der Waals surface area contributed by atoms with Crippen LogP contribution >= 0.6 is 11.3 Å². The van der Waals surface area contributed by atoms with Crippen molar-refractivity contribution in [3.8, 4) is 10.4 Å². The first-order valence-electron chi connectivity index (χ1n) is 17.5. The molecule has 1 aromatic heterocycles. The lowest BCUT2D eigenvalue weighted by molar-refractivity contribution is -0.145. The molecule has 4 rings (SSSR count). The molecule has 1 aliphatic carbocycles. The number of alkyl halides is 1. The Balaban J connectivity index is 1.63. The lowest BCUT2D eigenvalue weighted by atomic mass is 9.85. The number of likely N-dealkylation sites (tertiary alicyclic amines) is 1. The minimum absolute atomic E-state index is 0.0830. The van der Waals surface area contributed by atoms with Gasteiger partial charge < -0.3 is 24.8 Å². The molecule has 2 aromatic rings. The van der Waals surface area contributed by atoms with Gasteiger partial charge >= 0.3 is 0 Å². The van der Waals surface area contributed by atoms with Gasteiger partial charge in [0, 0.05) is 19.4 Å². The van der Waals surface area contributed by atoms with E-state index in [9.17, 15) is 23.6 Å². The summed E-state index contributed by atoms with van der Waals surface area (Å²) in [7, 11) is -2.27. The predicted octanol–water partition coefficient (Wildman–Crippen LogP) is 7.06. The number of aryl methyl sites for hydroxylation is 1. The number of thiazole rings is 1. The number of aromatic nitrogens is 1. The fourth-order valence-electron chi connectivity index (χ4n) is 5.99. The zero-order valence-electron chi connectivity index (χ0n) is 30.7. The van der Waals surface area contributed by atoms with Crippen molar-refractivity contribution < 1.29 is 28.0 Å². The van der Waals surface area contributed by atoms with Crippen molar-refractivity contribution in [1.29, 1.82) is 0 Å². The highest BCUT2D eigenvalue weighted by molar-refractivity contribution is 7.13. The largest absolute Gasteiger partial charge is 0.412 e. The van der Waals surface area contributed by atoms with Crippen LogP contribution in [0.2, 0.25) is 18.1 Å². The molecule has 3 amide bonds. The Kier molecular flexibility index (Phi) is 12.0. The number of unbranched alkanes of at least 4 members (excludes halogenated alkanes) is 2. The number of hydrogen-bond acceptors (Lipinski definition) is 7. The van der Waals surface area contributed by atoms with E-state index in [1.165, 1.54) is 0 Å². The zero-order valence-corrected chi connectivity index (χ0v) is 32.5. The molecule has 2 heterocycles. The van der Waals surface area contributed by atoms with Crippen molar-refractivity contribution >= 4 is 43.7 Å². The highest BCUT2D eigenvalue weighted by Gasteiger charge is 2.54. The zero-order chi connectivity index (χ0) is 36.4. The summed E-state index contributed by atoms with van der Waals surface area (Å²) in [6.45, 7) is 18.4. The SMILES string of the molecule is Cc1ncsc1-c1ccc([C@H](CCCCC=O)NC(=O)[C@@H]2C[C@@H](O[Si](C)(C)C(C)(C)C)CN2C(=O)[C@@H](NC(=O)C2(F)CC2)C(C)(C)C)cc1. The molecule has 4 atom stereocenters. The van der Waals surface area contributed by atoms with E-state index in [-0.39, 0.29) is 42.5 Å². The van der Waals surface area contributed by atoms with Crippen molar-refractivity contribution in [3.63, 3.8) is 0 Å². The summed E-state index contributed by atoms with van der Waals surface area (Å²) in [5, 5.41) is 5.87. The maximum atomic E-state index is 14.8. The lowest BCUT2D eigenvalue weighted by Crippen LogP contribution is -2.59. The van der Waals surface area contributed by atoms with Gasteiger partial charge in [0.1, 0.15) is 18.4 Å². The van der Waals surface area contributed by atoms with Gasteiger partial charge in [0.2, 0.25) is 11.8 Å². The fraction of sp³-hybridized carbons (Fsp3) is 0.649. The van der Waals surface area contributed by atoms with Crippen molar-refractivity contribution in [3.05, 3.63) is 41.0 Å². The maximum absolute atomic E-state index is 14.8. The minimum Gasteiger partial charge on any atom is -0.412 e. The Labute approximate surface area is 296 Å². The molecule has 0 unspecified atom stereocenters. The van der Waals surface area contributed by atoms with Gasteiger partial charge in [-0.15, -0.1) is 11.3 Å². The van der Waals surface area contributed by atoms with Crippen LogP contribution in [0.4, 0.5) is 4.39 Å². The normalized spacial score (nSPS) is 20.4. The van der Waals surface area contributed by atoms with Crippen LogP contribution in [0.5, 0.6) is 0 Å². The molecule has 1 saturated heterocycles. The number of carbonyl (C=O) groups excluding carboxylic acids is 4. The number of rotatable bonds is 14. The van der Waals surface area contributed by atoms with Crippen molar-refractivity contribution in [2.24, 2.45) is 5.41 Å². The van der Waals surface area contributed by atoms with Crippen LogP contribution in [0.3, 0.4) is 0 Å². The first-order valence-corrected chi connectivity index (χ1v) is 21.3. The van der Waals surface area contributed by atoms with Gasteiger partial charge in [-0.05, 0) is 67.3 Å². The summed E-state index contributed by atoms with van der Waals surface area (Å²) in [6, 6.07) is 5.85. The van der Waals surface area contributed by atoms with Crippen molar-refractivity contribution in [2.75, 3.05) is 6.54 Å². The number of nitrogens with zero attached hydrogens (tertiary/aromatic N) is 2. The van der Waals surface area contributed by atoms with E-state index < -0.39 is 43.3 Å². The van der Waals surface area contributed by atoms with Crippen LogP contribution in [-0.2, 0) is 23.6 Å². The first kappa shape index (κ1) is 38.8. The highest BCUT2D eigenvalue weighted by atomic mass is 32.1. The lowest BCUT2D eigenvalue weighted by Gasteiger charge is -2.38. The second-order valence-electron chi connectivity index (χ2n) is 16.4. The van der Waals surface area contributed by atoms with Gasteiger partial charge in [0.25, 0.3) is 5.91 Å². The Hall–Kier alpha value is -2.96. The number of halogens is 1. The smallest absolute Gasteiger partial charge is 0.258 e. The molecular weight excluding hydrogens is 660 g/mol. The molecular formula is C37H55FN4O5SSi. The number of amides is 3. The van der Waals surface area contributed by atoms with Gasteiger partial charge in [0.05, 0.1) is 28.2 Å². The number of nitrogens with one attached hydrogen (secondary N) is 2. The summed E-state index contributed by atoms with van der Waals surface area (Å²) < 4.78 is 21.5. The monoisotopic (exact) mass is 714 g/mol. The average molecular weight is 715 g/mol. The van der Waals surface area contributed by atoms with Crippen molar-refractivity contribution in [1.82, 2.24) is 20.5 Å². The Morgan fingerprint density at radius 2 is 1.76 bits per heavy atom. The minimum atomic E-state index is -2.27. The summed E-state index contributed by atoms with van der Waals surface area (Å²) in [5.74, 6) is -1.50. The molecule has 1 aliphatic heterocycles. The van der Waals surface area contributed by atoms with Crippen LogP contribution in [-0.4, -0.2) is 72.6 Å². The van der Waals surface area contributed by atoms with Crippen LogP contribution < -0.4 is 10.6 Å². The highest BCUT2D eigenvalue weighted by Crippen LogP contribution is 2.41. The molecule has 9 nitrogen and oxygen atoms in total.